The van der Waals surface area contributed by atoms with E-state index >= 15 is 0 Å². The first-order valence-electron chi connectivity index (χ1n) is 1.16. The van der Waals surface area contributed by atoms with Gasteiger partial charge in [0.05, 0.1) is 0 Å². The number of tetrazole rings is 1. The fourth-order valence-electron chi connectivity index (χ4n) is 0.129. The van der Waals surface area contributed by atoms with Crippen molar-refractivity contribution in [3.63, 3.8) is 0 Å². The van der Waals surface area contributed by atoms with Crippen molar-refractivity contribution in [3.05, 3.63) is 6.33 Å². The van der Waals surface area contributed by atoms with Crippen LogP contribution in [0.15, 0.2) is 6.33 Å². The van der Waals surface area contributed by atoms with Crippen molar-refractivity contribution < 1.29 is 62.0 Å². The summed E-state index contributed by atoms with van der Waals surface area (Å²) < 4.78 is 0. The number of nitrogens with one attached hydrogen (secondary N) is 1. The van der Waals surface area contributed by atoms with Crippen molar-refractivity contribution in [2.45, 2.75) is 0 Å². The van der Waals surface area contributed by atoms with Crippen molar-refractivity contribution in [3.8, 4) is 0 Å². The van der Waals surface area contributed by atoms with Gasteiger partial charge in [0.25, 0.3) is 0 Å². The first-order valence-corrected chi connectivity index (χ1v) is 1.16. The predicted molar refractivity (Wildman–Crippen MR) is 16.4 cm³/mol. The van der Waals surface area contributed by atoms with Crippen LogP contribution in [0.3, 0.4) is 0 Å². The Morgan fingerprint density at radius 3 is 2.29 bits per heavy atom. The van der Waals surface area contributed by atoms with Crippen molar-refractivity contribution >= 4 is 0 Å². The number of H-pyrrole nitrogens is 1. The van der Waals surface area contributed by atoms with Crippen molar-refractivity contribution in [2.24, 2.45) is 0 Å². The van der Waals surface area contributed by atoms with Gasteiger partial charge in [0.2, 0.25) is 0 Å². The van der Waals surface area contributed by atoms with E-state index in [1.165, 1.54) is 6.33 Å². The molecule has 0 radical (unpaired) electrons. The van der Waals surface area contributed by atoms with Crippen molar-refractivity contribution in [1.82, 2.24) is 20.6 Å². The summed E-state index contributed by atoms with van der Waals surface area (Å²) in [5.41, 5.74) is 0. The van der Waals surface area contributed by atoms with Gasteiger partial charge in [-0.25, -0.2) is 0 Å². The van der Waals surface area contributed by atoms with Gasteiger partial charge in [-0.15, -0.1) is 10.2 Å². The summed E-state index contributed by atoms with van der Waals surface area (Å²) in [6, 6.07) is 0. The molecule has 0 aromatic carbocycles. The Morgan fingerprint density at radius 2 is 2.14 bits per heavy atom. The third-order valence-electron chi connectivity index (χ3n) is 0.270. The quantitative estimate of drug-likeness (QED) is 0.344. The minimum absolute atomic E-state index is 0. The van der Waals surface area contributed by atoms with Gasteiger partial charge in [-0.1, -0.05) is 5.21 Å². The molecule has 0 saturated carbocycles. The molecule has 4 nitrogen and oxygen atoms in total. The van der Waals surface area contributed by atoms with Gasteiger partial charge in [-0.3, -0.25) is 0 Å². The predicted octanol–water partition coefficient (Wildman–Crippen LogP) is -6.57. The summed E-state index contributed by atoms with van der Waals surface area (Å²) in [4.78, 5) is 0. The average molecular weight is 118 g/mol. The second-order valence-electron chi connectivity index (χ2n) is 0.560. The molecule has 0 unspecified atom stereocenters. The van der Waals surface area contributed by atoms with E-state index in [1.54, 1.807) is 0 Å². The third kappa shape index (κ3) is 4.93. The van der Waals surface area contributed by atoms with Gasteiger partial charge in [0.1, 0.15) is 0 Å². The van der Waals surface area contributed by atoms with Crippen molar-refractivity contribution in [1.29, 1.82) is 0 Å². The molecule has 0 aliphatic rings. The van der Waals surface area contributed by atoms with E-state index in [1.807, 2.05) is 0 Å². The van der Waals surface area contributed by atoms with Gasteiger partial charge >= 0.3 is 59.1 Å². The fourth-order valence-corrected chi connectivity index (χ4v) is 0.129. The molecular formula is CH4N4Na2. The molecular weight excluding hydrogens is 114 g/mol. The Bertz CT molecular complexity index is 73.0. The topological polar surface area (TPSA) is 54.5 Å². The Hall–Kier alpha value is 1.07. The standard InChI is InChI=1S/CH2N4.2Na.2H/c1-2-4-5-3-1;;;;/h1H,(H,2,3,4,5);;;;/q;2*+1;2*-1. The van der Waals surface area contributed by atoms with Gasteiger partial charge in [-0.05, 0) is 0 Å². The second kappa shape index (κ2) is 7.07. The number of hydrogen-bond donors (Lipinski definition) is 1. The molecule has 6 heteroatoms. The summed E-state index contributed by atoms with van der Waals surface area (Å²) in [7, 11) is 0. The van der Waals surface area contributed by atoms with Crippen LogP contribution >= 0.6 is 0 Å². The zero-order chi connectivity index (χ0) is 3.54. The molecule has 7 heavy (non-hydrogen) atoms. The molecule has 1 N–H and O–H groups in total. The second-order valence-corrected chi connectivity index (χ2v) is 0.560. The van der Waals surface area contributed by atoms with E-state index in [9.17, 15) is 0 Å². The maximum absolute atomic E-state index is 3.38. The Labute approximate surface area is 88.0 Å². The monoisotopic (exact) mass is 118 g/mol. The van der Waals surface area contributed by atoms with E-state index in [4.69, 9.17) is 0 Å². The molecule has 0 amide bonds. The number of aromatic amines is 1. The molecule has 1 aromatic heterocycles. The van der Waals surface area contributed by atoms with Gasteiger partial charge in [0.15, 0.2) is 6.33 Å². The molecule has 1 heterocycles. The van der Waals surface area contributed by atoms with E-state index in [2.05, 4.69) is 20.6 Å². The van der Waals surface area contributed by atoms with Crippen LogP contribution < -0.4 is 59.1 Å². The molecule has 1 rings (SSSR count). The van der Waals surface area contributed by atoms with E-state index < -0.39 is 0 Å². The Morgan fingerprint density at radius 1 is 1.43 bits per heavy atom. The minimum Gasteiger partial charge on any atom is -1.00 e. The Kier molecular flexibility index (Phi) is 11.1. The summed E-state index contributed by atoms with van der Waals surface area (Å²) >= 11 is 0. The molecule has 30 valence electrons. The number of nitrogens with zero attached hydrogens (tertiary/aromatic N) is 3. The van der Waals surface area contributed by atoms with Gasteiger partial charge < -0.3 is 2.85 Å². The molecule has 0 bridgehead atoms. The normalized spacial score (nSPS) is 5.71. The average Bonchev–Trinajstić information content (AvgIpc) is 1.76. The summed E-state index contributed by atoms with van der Waals surface area (Å²) in [6.07, 6.45) is 1.33. The van der Waals surface area contributed by atoms with Crippen molar-refractivity contribution in [2.75, 3.05) is 0 Å². The van der Waals surface area contributed by atoms with Crippen LogP contribution in [-0.4, -0.2) is 20.6 Å². The minimum atomic E-state index is 0. The molecule has 1 aromatic rings. The molecule has 0 aliphatic carbocycles. The van der Waals surface area contributed by atoms with Crippen LogP contribution in [0.4, 0.5) is 0 Å². The molecule has 0 saturated heterocycles. The smallest absolute Gasteiger partial charge is 1.00 e. The van der Waals surface area contributed by atoms with Crippen LogP contribution in [-0.2, 0) is 0 Å². The summed E-state index contributed by atoms with van der Waals surface area (Å²) in [6.45, 7) is 0. The van der Waals surface area contributed by atoms with E-state index in [0.717, 1.165) is 0 Å². The molecule has 0 aliphatic heterocycles. The molecule has 0 spiro atoms. The first-order chi connectivity index (χ1) is 2.50. The zero-order valence-electron chi connectivity index (χ0n) is 6.42. The summed E-state index contributed by atoms with van der Waals surface area (Å²) in [5, 5.41) is 12.2. The van der Waals surface area contributed by atoms with Crippen LogP contribution in [0.5, 0.6) is 0 Å². The maximum atomic E-state index is 3.38. The Balaban J connectivity index is -0.0000000312. The maximum Gasteiger partial charge on any atom is 1.00 e. The molecule has 0 fully saturated rings. The third-order valence-corrected chi connectivity index (χ3v) is 0.270. The van der Waals surface area contributed by atoms with Crippen LogP contribution in [0.1, 0.15) is 2.85 Å². The van der Waals surface area contributed by atoms with Crippen LogP contribution in [0.25, 0.3) is 0 Å². The van der Waals surface area contributed by atoms with E-state index in [0.29, 0.717) is 0 Å². The number of aromatic nitrogens is 4. The van der Waals surface area contributed by atoms with E-state index in [-0.39, 0.29) is 62.0 Å². The largest absolute Gasteiger partial charge is 1.00 e. The summed E-state index contributed by atoms with van der Waals surface area (Å²) in [5.74, 6) is 0. The van der Waals surface area contributed by atoms with Crippen LogP contribution in [0.2, 0.25) is 0 Å². The fraction of sp³-hybridized carbons (Fsp3) is 0. The van der Waals surface area contributed by atoms with Gasteiger partial charge in [-0.2, -0.15) is 5.21 Å². The molecule has 0 atom stereocenters. The number of rotatable bonds is 0. The first kappa shape index (κ1) is 10.9. The van der Waals surface area contributed by atoms with Crippen LogP contribution in [0, 0.1) is 0 Å². The number of hydrogen-bond acceptors (Lipinski definition) is 3. The van der Waals surface area contributed by atoms with Gasteiger partial charge in [0, 0.05) is 0 Å². The zero-order valence-corrected chi connectivity index (χ0v) is 8.42. The SMILES string of the molecule is [H-].[H-].[Na+].[Na+].c1nn[nH]n1.